The van der Waals surface area contributed by atoms with E-state index in [0.717, 1.165) is 30.7 Å². The summed E-state index contributed by atoms with van der Waals surface area (Å²) < 4.78 is 26.2. The van der Waals surface area contributed by atoms with Crippen molar-refractivity contribution in [3.8, 4) is 28.4 Å². The molecule has 0 amide bonds. The molecule has 2 aromatic carbocycles. The van der Waals surface area contributed by atoms with Crippen LogP contribution in [0.2, 0.25) is 5.02 Å². The van der Waals surface area contributed by atoms with Crippen LogP contribution in [0.15, 0.2) is 30.5 Å². The second-order valence-electron chi connectivity index (χ2n) is 7.13. The van der Waals surface area contributed by atoms with Gasteiger partial charge >= 0.3 is 0 Å². The highest BCUT2D eigenvalue weighted by molar-refractivity contribution is 6.36. The van der Waals surface area contributed by atoms with Crippen LogP contribution in [0.4, 0.5) is 10.1 Å². The van der Waals surface area contributed by atoms with Crippen molar-refractivity contribution in [2.24, 2.45) is 0 Å². The first-order valence-corrected chi connectivity index (χ1v) is 9.75. The molecule has 1 saturated heterocycles. The fraction of sp³-hybridized carbons (Fsp3) is 0.286. The summed E-state index contributed by atoms with van der Waals surface area (Å²) in [7, 11) is 1.52. The molecule has 0 spiro atoms. The van der Waals surface area contributed by atoms with Crippen LogP contribution in [0.1, 0.15) is 0 Å². The maximum atomic E-state index is 14.5. The summed E-state index contributed by atoms with van der Waals surface area (Å²) in [4.78, 5) is 6.81. The van der Waals surface area contributed by atoms with Gasteiger partial charge in [0, 0.05) is 25.2 Å². The van der Waals surface area contributed by atoms with Crippen molar-refractivity contribution in [1.82, 2.24) is 10.3 Å². The number of nitrogens with zero attached hydrogens (tertiary/aromatic N) is 2. The standard InChI is InChI=1S/C21H19ClFN3O3/c1-28-21-18-14(7-12(19(21)22)17-13(23)3-2-4-15(17)27)25-9-16-20(18)26-6-5-24-8-11(26)10-29-16/h2-4,7,9,11,24,27H,5-6,8,10H2,1H3/t11-/m1/s1. The lowest BCUT2D eigenvalue weighted by Crippen LogP contribution is -2.55. The van der Waals surface area contributed by atoms with Gasteiger partial charge in [-0.05, 0) is 18.2 Å². The molecule has 0 bridgehead atoms. The number of hydrogen-bond donors (Lipinski definition) is 2. The Bertz CT molecular complexity index is 1100. The van der Waals surface area contributed by atoms with Crippen LogP contribution in [0.25, 0.3) is 22.0 Å². The number of anilines is 1. The van der Waals surface area contributed by atoms with E-state index in [1.165, 1.54) is 25.3 Å². The number of benzene rings is 2. The van der Waals surface area contributed by atoms with Gasteiger partial charge in [-0.15, -0.1) is 0 Å². The molecule has 0 unspecified atom stereocenters. The van der Waals surface area contributed by atoms with Gasteiger partial charge in [-0.25, -0.2) is 4.39 Å². The number of aromatic hydroxyl groups is 1. The largest absolute Gasteiger partial charge is 0.507 e. The van der Waals surface area contributed by atoms with Crippen molar-refractivity contribution in [3.05, 3.63) is 41.3 Å². The Balaban J connectivity index is 1.81. The third-order valence-corrected chi connectivity index (χ3v) is 5.90. The van der Waals surface area contributed by atoms with Crippen molar-refractivity contribution >= 4 is 28.2 Å². The number of rotatable bonds is 2. The van der Waals surface area contributed by atoms with Crippen molar-refractivity contribution in [2.45, 2.75) is 6.04 Å². The molecular weight excluding hydrogens is 397 g/mol. The maximum Gasteiger partial charge on any atom is 0.161 e. The van der Waals surface area contributed by atoms with Crippen LogP contribution in [0, 0.1) is 5.82 Å². The molecule has 0 radical (unpaired) electrons. The lowest BCUT2D eigenvalue weighted by Gasteiger charge is -2.42. The SMILES string of the molecule is COc1c(Cl)c(-c2c(O)cccc2F)cc2ncc3c(c12)N1CCNC[C@@H]1CO3. The zero-order chi connectivity index (χ0) is 20.1. The van der Waals surface area contributed by atoms with Gasteiger partial charge in [-0.3, -0.25) is 4.98 Å². The minimum absolute atomic E-state index is 0.0218. The maximum absolute atomic E-state index is 14.5. The van der Waals surface area contributed by atoms with Gasteiger partial charge < -0.3 is 24.8 Å². The average Bonchev–Trinajstić information content (AvgIpc) is 2.73. The lowest BCUT2D eigenvalue weighted by atomic mass is 9.99. The van der Waals surface area contributed by atoms with Crippen molar-refractivity contribution in [1.29, 1.82) is 0 Å². The molecule has 0 saturated carbocycles. The fourth-order valence-electron chi connectivity index (χ4n) is 4.20. The van der Waals surface area contributed by atoms with E-state index in [9.17, 15) is 9.50 Å². The van der Waals surface area contributed by atoms with Crippen molar-refractivity contribution < 1.29 is 19.0 Å². The molecule has 150 valence electrons. The van der Waals surface area contributed by atoms with Gasteiger partial charge in [-0.1, -0.05) is 17.7 Å². The third kappa shape index (κ3) is 2.76. The van der Waals surface area contributed by atoms with Gasteiger partial charge in [0.25, 0.3) is 0 Å². The van der Waals surface area contributed by atoms with Crippen LogP contribution in [-0.4, -0.2) is 49.5 Å². The van der Waals surface area contributed by atoms with E-state index in [1.807, 2.05) is 0 Å². The molecule has 3 heterocycles. The number of methoxy groups -OCH3 is 1. The quantitative estimate of drug-likeness (QED) is 0.667. The highest BCUT2D eigenvalue weighted by Crippen LogP contribution is 2.50. The number of aromatic nitrogens is 1. The number of hydrogen-bond acceptors (Lipinski definition) is 6. The first-order valence-electron chi connectivity index (χ1n) is 9.37. The Morgan fingerprint density at radius 2 is 2.28 bits per heavy atom. The van der Waals surface area contributed by atoms with E-state index in [0.29, 0.717) is 29.2 Å². The first-order chi connectivity index (χ1) is 14.1. The molecule has 8 heteroatoms. The molecule has 1 aromatic heterocycles. The summed E-state index contributed by atoms with van der Waals surface area (Å²) >= 11 is 6.68. The summed E-state index contributed by atoms with van der Waals surface area (Å²) in [5.74, 6) is 0.286. The van der Waals surface area contributed by atoms with Gasteiger partial charge in [0.15, 0.2) is 5.75 Å². The van der Waals surface area contributed by atoms with Crippen LogP contribution >= 0.6 is 11.6 Å². The fourth-order valence-corrected chi connectivity index (χ4v) is 4.52. The van der Waals surface area contributed by atoms with E-state index < -0.39 is 5.82 Å². The second-order valence-corrected chi connectivity index (χ2v) is 7.51. The minimum Gasteiger partial charge on any atom is -0.507 e. The number of piperazine rings is 1. The van der Waals surface area contributed by atoms with E-state index in [1.54, 1.807) is 12.3 Å². The molecule has 5 rings (SSSR count). The Morgan fingerprint density at radius 3 is 3.07 bits per heavy atom. The smallest absolute Gasteiger partial charge is 0.161 e. The lowest BCUT2D eigenvalue weighted by molar-refractivity contribution is 0.247. The number of phenolic OH excluding ortho intramolecular Hbond substituents is 1. The zero-order valence-corrected chi connectivity index (χ0v) is 16.5. The normalized spacial score (nSPS) is 18.2. The van der Waals surface area contributed by atoms with E-state index in [2.05, 4.69) is 15.2 Å². The molecule has 2 aliphatic rings. The molecule has 0 aliphatic carbocycles. The Kier molecular flexibility index (Phi) is 4.37. The van der Waals surface area contributed by atoms with Crippen LogP contribution in [0.3, 0.4) is 0 Å². The summed E-state index contributed by atoms with van der Waals surface area (Å²) in [6.45, 7) is 3.07. The second kappa shape index (κ2) is 6.93. The molecule has 3 aromatic rings. The molecule has 1 atom stereocenters. The number of nitrogens with one attached hydrogen (secondary N) is 1. The minimum atomic E-state index is -0.572. The molecule has 2 N–H and O–H groups in total. The van der Waals surface area contributed by atoms with Crippen LogP contribution in [0.5, 0.6) is 17.2 Å². The molecule has 1 fully saturated rings. The first kappa shape index (κ1) is 18.3. The monoisotopic (exact) mass is 415 g/mol. The van der Waals surface area contributed by atoms with Crippen LogP contribution in [-0.2, 0) is 0 Å². The number of halogens is 2. The highest BCUT2D eigenvalue weighted by Gasteiger charge is 2.33. The van der Waals surface area contributed by atoms with E-state index in [4.69, 9.17) is 21.1 Å². The number of phenols is 1. The van der Waals surface area contributed by atoms with Gasteiger partial charge in [-0.2, -0.15) is 0 Å². The molecule has 2 aliphatic heterocycles. The summed E-state index contributed by atoms with van der Waals surface area (Å²) in [5, 5.41) is 14.6. The Hall–Kier alpha value is -2.77. The summed E-state index contributed by atoms with van der Waals surface area (Å²) in [6.07, 6.45) is 1.67. The Morgan fingerprint density at radius 1 is 1.41 bits per heavy atom. The topological polar surface area (TPSA) is 66.9 Å². The predicted molar refractivity (Wildman–Crippen MR) is 110 cm³/mol. The Labute approximate surface area is 171 Å². The molecular formula is C21H19ClFN3O3. The number of pyridine rings is 1. The van der Waals surface area contributed by atoms with Crippen LogP contribution < -0.4 is 19.7 Å². The van der Waals surface area contributed by atoms with Gasteiger partial charge in [0.05, 0.1) is 46.5 Å². The third-order valence-electron chi connectivity index (χ3n) is 5.52. The summed E-state index contributed by atoms with van der Waals surface area (Å²) in [6, 6.07) is 6.02. The van der Waals surface area contributed by atoms with E-state index >= 15 is 0 Å². The predicted octanol–water partition coefficient (Wildman–Crippen LogP) is 3.58. The van der Waals surface area contributed by atoms with Gasteiger partial charge in [0.2, 0.25) is 0 Å². The average molecular weight is 416 g/mol. The molecule has 6 nitrogen and oxygen atoms in total. The van der Waals surface area contributed by atoms with Crippen molar-refractivity contribution in [2.75, 3.05) is 38.3 Å². The molecule has 29 heavy (non-hydrogen) atoms. The van der Waals surface area contributed by atoms with E-state index in [-0.39, 0.29) is 22.4 Å². The van der Waals surface area contributed by atoms with Crippen molar-refractivity contribution in [3.63, 3.8) is 0 Å². The number of fused-ring (bicyclic) bond motifs is 5. The van der Waals surface area contributed by atoms with Gasteiger partial charge in [0.1, 0.15) is 23.9 Å². The zero-order valence-electron chi connectivity index (χ0n) is 15.7. The number of ether oxygens (including phenoxy) is 2. The highest BCUT2D eigenvalue weighted by atomic mass is 35.5. The summed E-state index contributed by atoms with van der Waals surface area (Å²) in [5.41, 5.74) is 1.82.